The fraction of sp³-hybridized carbons (Fsp3) is 0.294. The van der Waals surface area contributed by atoms with Gasteiger partial charge in [-0.1, -0.05) is 0 Å². The molecule has 29 heavy (non-hydrogen) atoms. The number of aliphatic hydroxyl groups excluding tert-OH is 1. The minimum Gasteiger partial charge on any atom is -0.478 e. The number of aromatic nitrogens is 4. The average Bonchev–Trinajstić information content (AvgIpc) is 3.03. The van der Waals surface area contributed by atoms with E-state index in [9.17, 15) is 18.3 Å². The first-order valence-corrected chi connectivity index (χ1v) is 9.21. The van der Waals surface area contributed by atoms with Crippen LogP contribution in [0.4, 0.5) is 29.7 Å². The number of aryl methyl sites for hydroxylation is 1. The zero-order valence-corrected chi connectivity index (χ0v) is 16.2. The summed E-state index contributed by atoms with van der Waals surface area (Å²) in [7, 11) is 0. The van der Waals surface area contributed by atoms with Crippen LogP contribution in [-0.2, 0) is 6.18 Å². The Kier molecular flexibility index (Phi) is 6.13. The van der Waals surface area contributed by atoms with Crippen LogP contribution in [0.5, 0.6) is 5.88 Å². The van der Waals surface area contributed by atoms with E-state index in [1.54, 1.807) is 19.1 Å². The van der Waals surface area contributed by atoms with Crippen molar-refractivity contribution in [2.75, 3.05) is 17.2 Å². The Balaban J connectivity index is 1.74. The smallest absolute Gasteiger partial charge is 0.434 e. The molecule has 3 aromatic heterocycles. The van der Waals surface area contributed by atoms with Gasteiger partial charge in [0.1, 0.15) is 10.8 Å². The second-order valence-corrected chi connectivity index (χ2v) is 6.56. The van der Waals surface area contributed by atoms with Gasteiger partial charge in [0.15, 0.2) is 11.9 Å². The van der Waals surface area contributed by atoms with Crippen molar-refractivity contribution in [3.8, 4) is 5.88 Å². The number of hydrogen-bond acceptors (Lipinski definition) is 9. The average molecular weight is 426 g/mol. The molecule has 154 valence electrons. The molecule has 3 rings (SSSR count). The normalized spacial score (nSPS) is 12.5. The molecule has 0 saturated carbocycles. The largest absolute Gasteiger partial charge is 0.478 e. The first kappa shape index (κ1) is 20.7. The van der Waals surface area contributed by atoms with Crippen LogP contribution in [-0.4, -0.2) is 31.0 Å². The molecule has 3 heterocycles. The fourth-order valence-corrected chi connectivity index (χ4v) is 3.21. The standard InChI is InChI=1S/C17H17F3N6O2S/c1-3-28-13-5-4-10(6-23-13)24-15(27)14-9(2)26-29-16(14)25-12-8-21-11(7-22-12)17(18,19)20/h4-8,15,24,27H,3H2,1-2H3,(H,22,25). The van der Waals surface area contributed by atoms with Crippen molar-refractivity contribution in [1.82, 2.24) is 19.3 Å². The van der Waals surface area contributed by atoms with E-state index in [1.807, 2.05) is 6.92 Å². The number of hydrogen-bond donors (Lipinski definition) is 3. The topological polar surface area (TPSA) is 105 Å². The number of ether oxygens (including phenoxy) is 1. The van der Waals surface area contributed by atoms with Gasteiger partial charge in [-0.05, 0) is 31.4 Å². The molecule has 0 saturated heterocycles. The van der Waals surface area contributed by atoms with Crippen molar-refractivity contribution < 1.29 is 23.0 Å². The molecule has 0 aliphatic carbocycles. The molecular formula is C17H17F3N6O2S. The maximum atomic E-state index is 12.6. The molecular weight excluding hydrogens is 409 g/mol. The number of nitrogens with zero attached hydrogens (tertiary/aromatic N) is 4. The highest BCUT2D eigenvalue weighted by Gasteiger charge is 2.32. The van der Waals surface area contributed by atoms with E-state index in [-0.39, 0.29) is 5.82 Å². The number of anilines is 3. The van der Waals surface area contributed by atoms with Crippen LogP contribution in [0.15, 0.2) is 30.7 Å². The lowest BCUT2D eigenvalue weighted by molar-refractivity contribution is -0.141. The summed E-state index contributed by atoms with van der Waals surface area (Å²) in [6.07, 6.45) is -2.59. The molecule has 3 aromatic rings. The number of nitrogens with one attached hydrogen (secondary N) is 2. The molecule has 0 amide bonds. The predicted molar refractivity (Wildman–Crippen MR) is 101 cm³/mol. The van der Waals surface area contributed by atoms with Gasteiger partial charge in [0, 0.05) is 6.07 Å². The third-order valence-corrected chi connectivity index (χ3v) is 4.57. The predicted octanol–water partition coefficient (Wildman–Crippen LogP) is 3.90. The van der Waals surface area contributed by atoms with Crippen LogP contribution in [0.25, 0.3) is 0 Å². The van der Waals surface area contributed by atoms with E-state index < -0.39 is 18.1 Å². The van der Waals surface area contributed by atoms with Crippen molar-refractivity contribution in [3.05, 3.63) is 47.7 Å². The summed E-state index contributed by atoms with van der Waals surface area (Å²) in [6.45, 7) is 4.04. The van der Waals surface area contributed by atoms with Crippen molar-refractivity contribution in [2.45, 2.75) is 26.3 Å². The molecule has 8 nitrogen and oxygen atoms in total. The Morgan fingerprint density at radius 1 is 1.17 bits per heavy atom. The van der Waals surface area contributed by atoms with Gasteiger partial charge < -0.3 is 20.5 Å². The Bertz CT molecular complexity index is 947. The molecule has 0 aliphatic heterocycles. The van der Waals surface area contributed by atoms with Gasteiger partial charge in [-0.25, -0.2) is 15.0 Å². The number of alkyl halides is 3. The van der Waals surface area contributed by atoms with E-state index >= 15 is 0 Å². The molecule has 0 spiro atoms. The maximum Gasteiger partial charge on any atom is 0.434 e. The zero-order chi connectivity index (χ0) is 21.0. The van der Waals surface area contributed by atoms with Crippen LogP contribution >= 0.6 is 11.5 Å². The Labute approximate surface area is 168 Å². The monoisotopic (exact) mass is 426 g/mol. The second-order valence-electron chi connectivity index (χ2n) is 5.79. The van der Waals surface area contributed by atoms with Gasteiger partial charge >= 0.3 is 6.18 Å². The summed E-state index contributed by atoms with van der Waals surface area (Å²) in [5.74, 6) is 0.557. The highest BCUT2D eigenvalue weighted by molar-refractivity contribution is 7.10. The van der Waals surface area contributed by atoms with Crippen molar-refractivity contribution in [2.24, 2.45) is 0 Å². The van der Waals surface area contributed by atoms with E-state index in [1.165, 1.54) is 6.20 Å². The third kappa shape index (κ3) is 5.09. The molecule has 0 radical (unpaired) electrons. The molecule has 1 atom stereocenters. The van der Waals surface area contributed by atoms with E-state index in [4.69, 9.17) is 4.74 Å². The molecule has 12 heteroatoms. The minimum absolute atomic E-state index is 0.0952. The van der Waals surface area contributed by atoms with Crippen LogP contribution in [0.1, 0.15) is 30.1 Å². The highest BCUT2D eigenvalue weighted by atomic mass is 32.1. The zero-order valence-electron chi connectivity index (χ0n) is 15.4. The van der Waals surface area contributed by atoms with E-state index in [2.05, 4.69) is 30.0 Å². The first-order chi connectivity index (χ1) is 13.8. The third-order valence-electron chi connectivity index (χ3n) is 3.70. The maximum absolute atomic E-state index is 12.6. The van der Waals surface area contributed by atoms with Gasteiger partial charge in [-0.2, -0.15) is 17.5 Å². The molecule has 0 aromatic carbocycles. The molecule has 1 unspecified atom stereocenters. The first-order valence-electron chi connectivity index (χ1n) is 8.43. The van der Waals surface area contributed by atoms with E-state index in [0.717, 1.165) is 17.7 Å². The quantitative estimate of drug-likeness (QED) is 0.489. The molecule has 3 N–H and O–H groups in total. The summed E-state index contributed by atoms with van der Waals surface area (Å²) >= 11 is 1.04. The lowest BCUT2D eigenvalue weighted by Crippen LogP contribution is -2.12. The Morgan fingerprint density at radius 3 is 2.55 bits per heavy atom. The summed E-state index contributed by atoms with van der Waals surface area (Å²) in [6, 6.07) is 3.36. The van der Waals surface area contributed by atoms with E-state index in [0.29, 0.717) is 40.6 Å². The summed E-state index contributed by atoms with van der Waals surface area (Å²) in [4.78, 5) is 11.2. The number of pyridine rings is 1. The van der Waals surface area contributed by atoms with Crippen LogP contribution in [0, 0.1) is 6.92 Å². The number of rotatable bonds is 7. The van der Waals surface area contributed by atoms with Crippen molar-refractivity contribution >= 4 is 28.0 Å². The molecule has 0 fully saturated rings. The number of aliphatic hydroxyl groups is 1. The fourth-order valence-electron chi connectivity index (χ4n) is 2.37. The van der Waals surface area contributed by atoms with Crippen molar-refractivity contribution in [1.29, 1.82) is 0 Å². The Hall–Kier alpha value is -2.99. The van der Waals surface area contributed by atoms with Gasteiger partial charge in [0.25, 0.3) is 0 Å². The van der Waals surface area contributed by atoms with Crippen LogP contribution in [0.3, 0.4) is 0 Å². The van der Waals surface area contributed by atoms with Gasteiger partial charge in [0.2, 0.25) is 5.88 Å². The minimum atomic E-state index is -4.57. The highest BCUT2D eigenvalue weighted by Crippen LogP contribution is 2.33. The van der Waals surface area contributed by atoms with Crippen molar-refractivity contribution in [3.63, 3.8) is 0 Å². The summed E-state index contributed by atoms with van der Waals surface area (Å²) < 4.78 is 47.3. The van der Waals surface area contributed by atoms with Gasteiger partial charge in [-0.15, -0.1) is 0 Å². The molecule has 0 bridgehead atoms. The molecule has 0 aliphatic rings. The van der Waals surface area contributed by atoms with Gasteiger partial charge in [0.05, 0.1) is 42.1 Å². The Morgan fingerprint density at radius 2 is 1.97 bits per heavy atom. The number of halogens is 3. The van der Waals surface area contributed by atoms with Crippen LogP contribution < -0.4 is 15.4 Å². The SMILES string of the molecule is CCOc1ccc(NC(O)c2c(C)nsc2Nc2cnc(C(F)(F)F)cn2)cn1. The van der Waals surface area contributed by atoms with Gasteiger partial charge in [-0.3, -0.25) is 0 Å². The lowest BCUT2D eigenvalue weighted by Gasteiger charge is -2.16. The summed E-state index contributed by atoms with van der Waals surface area (Å²) in [5, 5.41) is 16.8. The lowest BCUT2D eigenvalue weighted by atomic mass is 10.2. The second kappa shape index (κ2) is 8.57. The van der Waals surface area contributed by atoms with Crippen LogP contribution in [0.2, 0.25) is 0 Å². The summed E-state index contributed by atoms with van der Waals surface area (Å²) in [5.41, 5.74) is 0.446.